The SMILES string of the molecule is CN(C)c1ccc([C@@H](CNC(=O)c2ccccc2F)N2CCc3ccccc3C2)cc1. The Morgan fingerprint density at radius 3 is 2.39 bits per heavy atom. The molecule has 0 unspecified atom stereocenters. The summed E-state index contributed by atoms with van der Waals surface area (Å²) >= 11 is 0. The van der Waals surface area contributed by atoms with E-state index in [-0.39, 0.29) is 17.5 Å². The summed E-state index contributed by atoms with van der Waals surface area (Å²) in [6.07, 6.45) is 0.976. The second-order valence-electron chi connectivity index (χ2n) is 8.18. The van der Waals surface area contributed by atoms with Gasteiger partial charge in [0.05, 0.1) is 11.6 Å². The van der Waals surface area contributed by atoms with E-state index in [9.17, 15) is 9.18 Å². The lowest BCUT2D eigenvalue weighted by Gasteiger charge is -2.36. The number of carbonyl (C=O) groups excluding carboxylic acids is 1. The van der Waals surface area contributed by atoms with Crippen LogP contribution in [-0.2, 0) is 13.0 Å². The molecular weight excluding hydrogens is 389 g/mol. The van der Waals surface area contributed by atoms with Gasteiger partial charge in [-0.3, -0.25) is 9.69 Å². The van der Waals surface area contributed by atoms with E-state index in [1.807, 2.05) is 14.1 Å². The predicted molar refractivity (Wildman–Crippen MR) is 123 cm³/mol. The van der Waals surface area contributed by atoms with Crippen LogP contribution in [0.4, 0.5) is 10.1 Å². The Balaban J connectivity index is 1.57. The highest BCUT2D eigenvalue weighted by Crippen LogP contribution is 2.29. The van der Waals surface area contributed by atoms with Crippen molar-refractivity contribution in [2.45, 2.75) is 19.0 Å². The summed E-state index contributed by atoms with van der Waals surface area (Å²) in [4.78, 5) is 17.1. The molecule has 0 radical (unpaired) electrons. The van der Waals surface area contributed by atoms with Crippen LogP contribution in [0.5, 0.6) is 0 Å². The van der Waals surface area contributed by atoms with Crippen molar-refractivity contribution in [3.05, 3.63) is 101 Å². The van der Waals surface area contributed by atoms with E-state index in [1.165, 1.54) is 23.3 Å². The van der Waals surface area contributed by atoms with Gasteiger partial charge in [-0.25, -0.2) is 4.39 Å². The average Bonchev–Trinajstić information content (AvgIpc) is 2.79. The van der Waals surface area contributed by atoms with Gasteiger partial charge in [0.15, 0.2) is 0 Å². The molecule has 1 atom stereocenters. The zero-order valence-corrected chi connectivity index (χ0v) is 18.0. The number of amides is 1. The Kier molecular flexibility index (Phi) is 6.33. The second-order valence-corrected chi connectivity index (χ2v) is 8.18. The topological polar surface area (TPSA) is 35.6 Å². The Bertz CT molecular complexity index is 1050. The molecule has 160 valence electrons. The molecule has 5 heteroatoms. The molecule has 1 amide bonds. The number of anilines is 1. The summed E-state index contributed by atoms with van der Waals surface area (Å²) in [6.45, 7) is 2.15. The second kappa shape index (κ2) is 9.31. The number of carbonyl (C=O) groups is 1. The molecule has 1 aliphatic heterocycles. The van der Waals surface area contributed by atoms with Crippen molar-refractivity contribution in [2.75, 3.05) is 32.1 Å². The number of nitrogens with one attached hydrogen (secondary N) is 1. The van der Waals surface area contributed by atoms with Gasteiger partial charge in [-0.1, -0.05) is 48.5 Å². The number of benzene rings is 3. The molecule has 1 aliphatic rings. The van der Waals surface area contributed by atoms with Crippen LogP contribution in [0.2, 0.25) is 0 Å². The van der Waals surface area contributed by atoms with Crippen molar-refractivity contribution < 1.29 is 9.18 Å². The number of fused-ring (bicyclic) bond motifs is 1. The first-order valence-electron chi connectivity index (χ1n) is 10.6. The van der Waals surface area contributed by atoms with Gasteiger partial charge in [0.25, 0.3) is 5.91 Å². The molecule has 0 saturated carbocycles. The monoisotopic (exact) mass is 417 g/mol. The first-order chi connectivity index (χ1) is 15.0. The molecule has 0 aliphatic carbocycles. The van der Waals surface area contributed by atoms with E-state index in [0.29, 0.717) is 6.54 Å². The van der Waals surface area contributed by atoms with Gasteiger partial charge in [0, 0.05) is 39.4 Å². The Morgan fingerprint density at radius 2 is 1.68 bits per heavy atom. The smallest absolute Gasteiger partial charge is 0.254 e. The van der Waals surface area contributed by atoms with Gasteiger partial charge >= 0.3 is 0 Å². The summed E-state index contributed by atoms with van der Waals surface area (Å²) in [7, 11) is 4.03. The quantitative estimate of drug-likeness (QED) is 0.645. The lowest BCUT2D eigenvalue weighted by atomic mass is 9.96. The third-order valence-electron chi connectivity index (χ3n) is 5.97. The summed E-state index contributed by atoms with van der Waals surface area (Å²) in [5.74, 6) is -0.885. The van der Waals surface area contributed by atoms with Crippen molar-refractivity contribution in [2.24, 2.45) is 0 Å². The largest absolute Gasteiger partial charge is 0.378 e. The number of hydrogen-bond acceptors (Lipinski definition) is 3. The minimum atomic E-state index is -0.501. The number of halogens is 1. The van der Waals surface area contributed by atoms with E-state index < -0.39 is 5.82 Å². The molecule has 0 spiro atoms. The fraction of sp³-hybridized carbons (Fsp3) is 0.269. The molecule has 0 saturated heterocycles. The zero-order valence-electron chi connectivity index (χ0n) is 18.0. The molecule has 3 aromatic rings. The van der Waals surface area contributed by atoms with E-state index in [4.69, 9.17) is 0 Å². The van der Waals surface area contributed by atoms with Crippen molar-refractivity contribution in [3.8, 4) is 0 Å². The van der Waals surface area contributed by atoms with Crippen LogP contribution in [0.25, 0.3) is 0 Å². The van der Waals surface area contributed by atoms with Gasteiger partial charge in [0.2, 0.25) is 0 Å². The maximum atomic E-state index is 14.1. The average molecular weight is 418 g/mol. The number of nitrogens with zero attached hydrogens (tertiary/aromatic N) is 2. The molecule has 4 rings (SSSR count). The number of hydrogen-bond donors (Lipinski definition) is 1. The minimum Gasteiger partial charge on any atom is -0.378 e. The molecule has 31 heavy (non-hydrogen) atoms. The summed E-state index contributed by atoms with van der Waals surface area (Å²) in [5.41, 5.74) is 5.05. The maximum Gasteiger partial charge on any atom is 0.254 e. The zero-order chi connectivity index (χ0) is 21.8. The number of rotatable bonds is 6. The highest BCUT2D eigenvalue weighted by molar-refractivity contribution is 5.94. The van der Waals surface area contributed by atoms with E-state index in [0.717, 1.165) is 30.8 Å². The van der Waals surface area contributed by atoms with Crippen LogP contribution in [-0.4, -0.2) is 38.0 Å². The standard InChI is InChI=1S/C26H28FN3O/c1-29(2)22-13-11-20(12-14-22)25(17-28-26(31)23-9-5-6-10-24(23)27)30-16-15-19-7-3-4-8-21(19)18-30/h3-14,25H,15-18H2,1-2H3,(H,28,31)/t25-/m1/s1. The molecule has 1 N–H and O–H groups in total. The predicted octanol–water partition coefficient (Wildman–Crippen LogP) is 4.42. The lowest BCUT2D eigenvalue weighted by Crippen LogP contribution is -2.40. The Labute approximate surface area is 183 Å². The third kappa shape index (κ3) is 4.78. The maximum absolute atomic E-state index is 14.1. The van der Waals surface area contributed by atoms with Crippen LogP contribution < -0.4 is 10.2 Å². The van der Waals surface area contributed by atoms with E-state index in [1.54, 1.807) is 12.1 Å². The highest BCUT2D eigenvalue weighted by Gasteiger charge is 2.25. The van der Waals surface area contributed by atoms with Crippen LogP contribution in [0.15, 0.2) is 72.8 Å². The molecule has 0 aromatic heterocycles. The minimum absolute atomic E-state index is 0.000270. The van der Waals surface area contributed by atoms with Crippen molar-refractivity contribution in [1.82, 2.24) is 10.2 Å². The van der Waals surface area contributed by atoms with Crippen LogP contribution >= 0.6 is 0 Å². The van der Waals surface area contributed by atoms with Gasteiger partial charge in [-0.15, -0.1) is 0 Å². The van der Waals surface area contributed by atoms with Crippen molar-refractivity contribution >= 4 is 11.6 Å². The third-order valence-corrected chi connectivity index (χ3v) is 5.97. The molecular formula is C26H28FN3O. The first-order valence-corrected chi connectivity index (χ1v) is 10.6. The Hall–Kier alpha value is -3.18. The summed E-state index contributed by atoms with van der Waals surface area (Å²) < 4.78 is 14.1. The lowest BCUT2D eigenvalue weighted by molar-refractivity contribution is 0.0923. The van der Waals surface area contributed by atoms with Crippen LogP contribution in [0, 0.1) is 5.82 Å². The van der Waals surface area contributed by atoms with Gasteiger partial charge in [-0.05, 0) is 47.4 Å². The van der Waals surface area contributed by atoms with Gasteiger partial charge in [-0.2, -0.15) is 0 Å². The molecule has 1 heterocycles. The van der Waals surface area contributed by atoms with Gasteiger partial charge in [0.1, 0.15) is 5.82 Å². The van der Waals surface area contributed by atoms with Crippen LogP contribution in [0.1, 0.15) is 33.1 Å². The summed E-state index contributed by atoms with van der Waals surface area (Å²) in [6, 6.07) is 23.0. The highest BCUT2D eigenvalue weighted by atomic mass is 19.1. The normalized spacial score (nSPS) is 14.5. The van der Waals surface area contributed by atoms with Gasteiger partial charge < -0.3 is 10.2 Å². The molecule has 0 fully saturated rings. The molecule has 0 bridgehead atoms. The summed E-state index contributed by atoms with van der Waals surface area (Å²) in [5, 5.41) is 2.97. The van der Waals surface area contributed by atoms with Crippen LogP contribution in [0.3, 0.4) is 0 Å². The Morgan fingerprint density at radius 1 is 1.00 bits per heavy atom. The fourth-order valence-corrected chi connectivity index (χ4v) is 4.17. The van der Waals surface area contributed by atoms with E-state index >= 15 is 0 Å². The first kappa shape index (κ1) is 21.1. The fourth-order valence-electron chi connectivity index (χ4n) is 4.17. The van der Waals surface area contributed by atoms with Crippen molar-refractivity contribution in [1.29, 1.82) is 0 Å². The van der Waals surface area contributed by atoms with Crippen molar-refractivity contribution in [3.63, 3.8) is 0 Å². The molecule has 4 nitrogen and oxygen atoms in total. The van der Waals surface area contributed by atoms with E-state index in [2.05, 4.69) is 63.6 Å². The molecule has 3 aromatic carbocycles.